The molecule has 18 heavy (non-hydrogen) atoms. The summed E-state index contributed by atoms with van der Waals surface area (Å²) in [6, 6.07) is 6.10. The highest BCUT2D eigenvalue weighted by molar-refractivity contribution is 9.10. The van der Waals surface area contributed by atoms with E-state index in [-0.39, 0.29) is 5.60 Å². The van der Waals surface area contributed by atoms with Crippen molar-refractivity contribution >= 4 is 15.9 Å². The first-order valence-corrected chi connectivity index (χ1v) is 6.98. The summed E-state index contributed by atoms with van der Waals surface area (Å²) in [5.74, 6) is 0.903. The lowest BCUT2D eigenvalue weighted by molar-refractivity contribution is -0.0883. The van der Waals surface area contributed by atoms with Crippen molar-refractivity contribution < 1.29 is 9.47 Å². The van der Waals surface area contributed by atoms with Crippen molar-refractivity contribution in [3.63, 3.8) is 0 Å². The molecule has 0 aliphatic carbocycles. The van der Waals surface area contributed by atoms with E-state index in [0.29, 0.717) is 0 Å². The highest BCUT2D eigenvalue weighted by Crippen LogP contribution is 2.25. The number of hydrogen-bond donors (Lipinski definition) is 0. The van der Waals surface area contributed by atoms with E-state index in [0.717, 1.165) is 36.5 Å². The largest absolute Gasteiger partial charge is 0.497 e. The van der Waals surface area contributed by atoms with Crippen LogP contribution in [0.1, 0.15) is 19.4 Å². The molecule has 2 rings (SSSR count). The maximum Gasteiger partial charge on any atom is 0.119 e. The zero-order valence-corrected chi connectivity index (χ0v) is 12.8. The minimum atomic E-state index is -0.0520. The number of halogens is 1. The van der Waals surface area contributed by atoms with Gasteiger partial charge in [0.25, 0.3) is 0 Å². The number of hydrogen-bond acceptors (Lipinski definition) is 3. The van der Waals surface area contributed by atoms with Gasteiger partial charge in [0.15, 0.2) is 0 Å². The zero-order chi connectivity index (χ0) is 13.2. The van der Waals surface area contributed by atoms with Gasteiger partial charge in [-0.1, -0.05) is 15.9 Å². The van der Waals surface area contributed by atoms with Crippen molar-refractivity contribution in [1.82, 2.24) is 4.90 Å². The molecule has 4 heteroatoms. The molecule has 0 aromatic heterocycles. The lowest BCUT2D eigenvalue weighted by Gasteiger charge is -2.38. The highest BCUT2D eigenvalue weighted by Gasteiger charge is 2.27. The number of methoxy groups -OCH3 is 1. The second kappa shape index (κ2) is 5.59. The molecule has 1 aromatic carbocycles. The fourth-order valence-corrected chi connectivity index (χ4v) is 2.66. The molecule has 3 nitrogen and oxygen atoms in total. The molecule has 0 radical (unpaired) electrons. The maximum absolute atomic E-state index is 5.73. The van der Waals surface area contributed by atoms with E-state index in [1.807, 2.05) is 12.1 Å². The smallest absolute Gasteiger partial charge is 0.119 e. The van der Waals surface area contributed by atoms with Crippen LogP contribution in [0.25, 0.3) is 0 Å². The molecule has 1 aliphatic rings. The van der Waals surface area contributed by atoms with E-state index in [4.69, 9.17) is 9.47 Å². The number of morpholine rings is 1. The van der Waals surface area contributed by atoms with Crippen LogP contribution in [0.15, 0.2) is 22.7 Å². The fraction of sp³-hybridized carbons (Fsp3) is 0.571. The molecule has 1 fully saturated rings. The topological polar surface area (TPSA) is 21.7 Å². The van der Waals surface area contributed by atoms with Crippen molar-refractivity contribution in [2.45, 2.75) is 26.0 Å². The Hall–Kier alpha value is -0.580. The Kier molecular flexibility index (Phi) is 4.30. The molecular formula is C14H20BrNO2. The van der Waals surface area contributed by atoms with Crippen molar-refractivity contribution in [3.05, 3.63) is 28.2 Å². The van der Waals surface area contributed by atoms with Gasteiger partial charge in [-0.3, -0.25) is 4.90 Å². The standard InChI is InChI=1S/C14H20BrNO2/c1-14(2)10-16(6-7-18-14)9-11-8-12(17-3)4-5-13(11)15/h4-5,8H,6-7,9-10H2,1-3H3. The third-order valence-electron chi connectivity index (χ3n) is 3.15. The lowest BCUT2D eigenvalue weighted by Crippen LogP contribution is -2.47. The Bertz CT molecular complexity index is 420. The van der Waals surface area contributed by atoms with Gasteiger partial charge in [-0.25, -0.2) is 0 Å². The van der Waals surface area contributed by atoms with Crippen molar-refractivity contribution in [3.8, 4) is 5.75 Å². The second-order valence-electron chi connectivity index (χ2n) is 5.28. The van der Waals surface area contributed by atoms with Crippen molar-refractivity contribution in [2.75, 3.05) is 26.8 Å². The average Bonchev–Trinajstić information content (AvgIpc) is 2.31. The molecule has 100 valence electrons. The monoisotopic (exact) mass is 313 g/mol. The first-order chi connectivity index (χ1) is 8.50. The number of nitrogens with zero attached hydrogens (tertiary/aromatic N) is 1. The van der Waals surface area contributed by atoms with Gasteiger partial charge in [-0.15, -0.1) is 0 Å². The Balaban J connectivity index is 2.09. The summed E-state index contributed by atoms with van der Waals surface area (Å²) in [7, 11) is 1.70. The highest BCUT2D eigenvalue weighted by atomic mass is 79.9. The Morgan fingerprint density at radius 2 is 2.22 bits per heavy atom. The van der Waals surface area contributed by atoms with Gasteiger partial charge in [-0.05, 0) is 37.6 Å². The van der Waals surface area contributed by atoms with Gasteiger partial charge in [-0.2, -0.15) is 0 Å². The first-order valence-electron chi connectivity index (χ1n) is 6.19. The van der Waals surface area contributed by atoms with Crippen LogP contribution in [0.3, 0.4) is 0 Å². The van der Waals surface area contributed by atoms with E-state index < -0.39 is 0 Å². The fourth-order valence-electron chi connectivity index (χ4n) is 2.29. The van der Waals surface area contributed by atoms with Gasteiger partial charge in [0, 0.05) is 24.1 Å². The molecule has 1 aliphatic heterocycles. The summed E-state index contributed by atoms with van der Waals surface area (Å²) in [6.07, 6.45) is 0. The summed E-state index contributed by atoms with van der Waals surface area (Å²) in [4.78, 5) is 2.42. The van der Waals surface area contributed by atoms with Crippen LogP contribution in [-0.2, 0) is 11.3 Å². The number of benzene rings is 1. The molecule has 0 bridgehead atoms. The predicted octanol–water partition coefficient (Wildman–Crippen LogP) is 3.07. The third kappa shape index (κ3) is 3.46. The van der Waals surface area contributed by atoms with Gasteiger partial charge >= 0.3 is 0 Å². The van der Waals surface area contributed by atoms with Crippen molar-refractivity contribution in [2.24, 2.45) is 0 Å². The average molecular weight is 314 g/mol. The minimum Gasteiger partial charge on any atom is -0.497 e. The maximum atomic E-state index is 5.73. The van der Waals surface area contributed by atoms with Crippen LogP contribution in [0.4, 0.5) is 0 Å². The van der Waals surface area contributed by atoms with Crippen LogP contribution in [-0.4, -0.2) is 37.3 Å². The summed E-state index contributed by atoms with van der Waals surface area (Å²) in [5, 5.41) is 0. The van der Waals surface area contributed by atoms with E-state index in [1.165, 1.54) is 5.56 Å². The molecule has 0 amide bonds. The summed E-state index contributed by atoms with van der Waals surface area (Å²) < 4.78 is 12.1. The van der Waals surface area contributed by atoms with E-state index in [2.05, 4.69) is 40.7 Å². The molecule has 0 spiro atoms. The van der Waals surface area contributed by atoms with Crippen LogP contribution in [0.2, 0.25) is 0 Å². The molecule has 0 unspecified atom stereocenters. The van der Waals surface area contributed by atoms with Gasteiger partial charge in [0.1, 0.15) is 5.75 Å². The Labute approximate surface area is 117 Å². The van der Waals surface area contributed by atoms with Crippen LogP contribution in [0, 0.1) is 0 Å². The lowest BCUT2D eigenvalue weighted by atomic mass is 10.1. The SMILES string of the molecule is COc1ccc(Br)c(CN2CCOC(C)(C)C2)c1. The Morgan fingerprint density at radius 3 is 2.89 bits per heavy atom. The molecule has 0 atom stereocenters. The van der Waals surface area contributed by atoms with Crippen LogP contribution >= 0.6 is 15.9 Å². The van der Waals surface area contributed by atoms with Gasteiger partial charge < -0.3 is 9.47 Å². The molecular weight excluding hydrogens is 294 g/mol. The normalized spacial score (nSPS) is 19.8. The summed E-state index contributed by atoms with van der Waals surface area (Å²) in [5.41, 5.74) is 1.20. The second-order valence-corrected chi connectivity index (χ2v) is 6.13. The third-order valence-corrected chi connectivity index (χ3v) is 3.93. The molecule has 0 N–H and O–H groups in total. The minimum absolute atomic E-state index is 0.0520. The molecule has 0 saturated carbocycles. The van der Waals surface area contributed by atoms with Crippen molar-refractivity contribution in [1.29, 1.82) is 0 Å². The first kappa shape index (κ1) is 13.8. The predicted molar refractivity (Wildman–Crippen MR) is 76.0 cm³/mol. The van der Waals surface area contributed by atoms with E-state index >= 15 is 0 Å². The van der Waals surface area contributed by atoms with Gasteiger partial charge in [0.05, 0.1) is 19.3 Å². The van der Waals surface area contributed by atoms with Gasteiger partial charge in [0.2, 0.25) is 0 Å². The van der Waals surface area contributed by atoms with E-state index in [1.54, 1.807) is 7.11 Å². The zero-order valence-electron chi connectivity index (χ0n) is 11.2. The Morgan fingerprint density at radius 1 is 1.44 bits per heavy atom. The number of ether oxygens (including phenoxy) is 2. The quantitative estimate of drug-likeness (QED) is 0.856. The molecule has 1 saturated heterocycles. The summed E-state index contributed by atoms with van der Waals surface area (Å²) in [6.45, 7) is 7.93. The molecule has 1 heterocycles. The van der Waals surface area contributed by atoms with Crippen LogP contribution < -0.4 is 4.74 Å². The molecule has 1 aromatic rings. The number of rotatable bonds is 3. The summed E-state index contributed by atoms with van der Waals surface area (Å²) >= 11 is 3.60. The van der Waals surface area contributed by atoms with Crippen LogP contribution in [0.5, 0.6) is 5.75 Å². The van der Waals surface area contributed by atoms with E-state index in [9.17, 15) is 0 Å².